The van der Waals surface area contributed by atoms with Crippen LogP contribution in [0.4, 0.5) is 4.79 Å². The van der Waals surface area contributed by atoms with Gasteiger partial charge in [-0.2, -0.15) is 0 Å². The second kappa shape index (κ2) is 7.49. The molecule has 0 unspecified atom stereocenters. The number of amides is 1. The van der Waals surface area contributed by atoms with Crippen LogP contribution in [0.15, 0.2) is 24.3 Å². The van der Waals surface area contributed by atoms with Gasteiger partial charge in [0.1, 0.15) is 11.4 Å². The lowest BCUT2D eigenvalue weighted by Gasteiger charge is -2.19. The number of carbonyl (C=O) groups is 2. The molecule has 22 heavy (non-hydrogen) atoms. The third-order valence-electron chi connectivity index (χ3n) is 2.54. The zero-order valence-corrected chi connectivity index (χ0v) is 13.2. The molecule has 1 aromatic carbocycles. The minimum Gasteiger partial charge on any atom is -0.508 e. The Morgan fingerprint density at radius 2 is 2.00 bits per heavy atom. The number of methoxy groups -OCH3 is 1. The zero-order valence-electron chi connectivity index (χ0n) is 13.2. The maximum Gasteiger partial charge on any atom is 0.407 e. The minimum atomic E-state index is -0.586. The van der Waals surface area contributed by atoms with Crippen LogP contribution in [0.3, 0.4) is 0 Å². The Hall–Kier alpha value is -2.50. The Labute approximate surface area is 129 Å². The van der Waals surface area contributed by atoms with Crippen molar-refractivity contribution in [1.29, 1.82) is 0 Å². The molecule has 0 aliphatic rings. The van der Waals surface area contributed by atoms with Crippen LogP contribution < -0.4 is 5.32 Å². The van der Waals surface area contributed by atoms with Crippen molar-refractivity contribution in [2.75, 3.05) is 7.11 Å². The molecule has 1 aromatic rings. The van der Waals surface area contributed by atoms with Crippen LogP contribution in [-0.4, -0.2) is 29.9 Å². The molecule has 6 heteroatoms. The van der Waals surface area contributed by atoms with Crippen LogP contribution >= 0.6 is 0 Å². The first-order valence-corrected chi connectivity index (χ1v) is 6.76. The SMILES string of the molecule is COC(=O)C=Cc1ccc(O)c(CNC(=O)OC(C)(C)C)c1. The molecule has 0 saturated heterocycles. The highest BCUT2D eigenvalue weighted by Gasteiger charge is 2.16. The van der Waals surface area contributed by atoms with Crippen molar-refractivity contribution in [1.82, 2.24) is 5.32 Å². The number of carbonyl (C=O) groups excluding carboxylic acids is 2. The number of phenolic OH excluding ortho intramolecular Hbond substituents is 1. The average Bonchev–Trinajstić information content (AvgIpc) is 2.42. The first kappa shape index (κ1) is 17.6. The van der Waals surface area contributed by atoms with E-state index in [-0.39, 0.29) is 12.3 Å². The first-order chi connectivity index (χ1) is 10.2. The lowest BCUT2D eigenvalue weighted by molar-refractivity contribution is -0.134. The molecule has 2 N–H and O–H groups in total. The van der Waals surface area contributed by atoms with Crippen LogP contribution in [0, 0.1) is 0 Å². The Morgan fingerprint density at radius 3 is 2.59 bits per heavy atom. The quantitative estimate of drug-likeness (QED) is 0.660. The number of phenols is 1. The topological polar surface area (TPSA) is 84.9 Å². The highest BCUT2D eigenvalue weighted by atomic mass is 16.6. The second-order valence-electron chi connectivity index (χ2n) is 5.60. The van der Waals surface area contributed by atoms with Crippen molar-refractivity contribution >= 4 is 18.1 Å². The van der Waals surface area contributed by atoms with Crippen molar-refractivity contribution in [3.8, 4) is 5.75 Å². The first-order valence-electron chi connectivity index (χ1n) is 6.76. The summed E-state index contributed by atoms with van der Waals surface area (Å²) < 4.78 is 9.62. The van der Waals surface area contributed by atoms with E-state index in [1.54, 1.807) is 39.0 Å². The summed E-state index contributed by atoms with van der Waals surface area (Å²) >= 11 is 0. The maximum absolute atomic E-state index is 11.6. The predicted octanol–water partition coefficient (Wildman–Crippen LogP) is 2.60. The van der Waals surface area contributed by atoms with Crippen molar-refractivity contribution in [3.63, 3.8) is 0 Å². The standard InChI is InChI=1S/C16H21NO5/c1-16(2,3)22-15(20)17-10-12-9-11(5-7-13(12)18)6-8-14(19)21-4/h5-9,18H,10H2,1-4H3,(H,17,20). The summed E-state index contributed by atoms with van der Waals surface area (Å²) in [6.07, 6.45) is 2.27. The van der Waals surface area contributed by atoms with Gasteiger partial charge >= 0.3 is 12.1 Å². The molecule has 0 aliphatic heterocycles. The third kappa shape index (κ3) is 6.30. The number of nitrogens with one attached hydrogen (secondary N) is 1. The lowest BCUT2D eigenvalue weighted by atomic mass is 10.1. The van der Waals surface area contributed by atoms with E-state index in [1.807, 2.05) is 0 Å². The fraction of sp³-hybridized carbons (Fsp3) is 0.375. The molecule has 0 saturated carbocycles. The van der Waals surface area contributed by atoms with Gasteiger partial charge in [0.15, 0.2) is 0 Å². The number of ether oxygens (including phenoxy) is 2. The smallest absolute Gasteiger partial charge is 0.407 e. The monoisotopic (exact) mass is 307 g/mol. The molecule has 0 bridgehead atoms. The zero-order chi connectivity index (χ0) is 16.8. The van der Waals surface area contributed by atoms with Gasteiger partial charge < -0.3 is 19.9 Å². The van der Waals surface area contributed by atoms with Gasteiger partial charge in [0.05, 0.1) is 7.11 Å². The van der Waals surface area contributed by atoms with Crippen molar-refractivity contribution in [3.05, 3.63) is 35.4 Å². The summed E-state index contributed by atoms with van der Waals surface area (Å²) in [7, 11) is 1.29. The van der Waals surface area contributed by atoms with Gasteiger partial charge in [-0.25, -0.2) is 9.59 Å². The minimum absolute atomic E-state index is 0.0475. The fourth-order valence-electron chi connectivity index (χ4n) is 1.56. The van der Waals surface area contributed by atoms with E-state index in [1.165, 1.54) is 19.3 Å². The Morgan fingerprint density at radius 1 is 1.32 bits per heavy atom. The van der Waals surface area contributed by atoms with Crippen LogP contribution in [0.2, 0.25) is 0 Å². The molecule has 6 nitrogen and oxygen atoms in total. The molecule has 0 heterocycles. The Balaban J connectivity index is 2.72. The lowest BCUT2D eigenvalue weighted by Crippen LogP contribution is -2.32. The number of esters is 1. The van der Waals surface area contributed by atoms with E-state index in [9.17, 15) is 14.7 Å². The molecule has 1 amide bonds. The van der Waals surface area contributed by atoms with Gasteiger partial charge in [-0.1, -0.05) is 6.07 Å². The molecular weight excluding hydrogens is 286 g/mol. The number of aromatic hydroxyl groups is 1. The largest absolute Gasteiger partial charge is 0.508 e. The molecule has 0 radical (unpaired) electrons. The van der Waals surface area contributed by atoms with Gasteiger partial charge in [0.2, 0.25) is 0 Å². The Kier molecular flexibility index (Phi) is 5.98. The molecule has 0 aromatic heterocycles. The van der Waals surface area contributed by atoms with Crippen molar-refractivity contribution in [2.45, 2.75) is 32.9 Å². The molecular formula is C16H21NO5. The van der Waals surface area contributed by atoms with E-state index in [4.69, 9.17) is 4.74 Å². The summed E-state index contributed by atoms with van der Waals surface area (Å²) in [5.74, 6) is -0.423. The molecule has 120 valence electrons. The van der Waals surface area contributed by atoms with Gasteiger partial charge in [0, 0.05) is 18.2 Å². The maximum atomic E-state index is 11.6. The number of hydrogen-bond acceptors (Lipinski definition) is 5. The highest BCUT2D eigenvalue weighted by Crippen LogP contribution is 2.19. The van der Waals surface area contributed by atoms with Gasteiger partial charge in [-0.15, -0.1) is 0 Å². The molecule has 0 spiro atoms. The van der Waals surface area contributed by atoms with Crippen LogP contribution in [0.1, 0.15) is 31.9 Å². The summed E-state index contributed by atoms with van der Waals surface area (Å²) in [5.41, 5.74) is 0.624. The number of rotatable bonds is 4. The Bertz CT molecular complexity index is 572. The van der Waals surface area contributed by atoms with E-state index >= 15 is 0 Å². The van der Waals surface area contributed by atoms with Gasteiger partial charge in [-0.05, 0) is 44.5 Å². The summed E-state index contributed by atoms with van der Waals surface area (Å²) in [4.78, 5) is 22.6. The molecule has 0 atom stereocenters. The second-order valence-corrected chi connectivity index (χ2v) is 5.60. The predicted molar refractivity (Wildman–Crippen MR) is 82.2 cm³/mol. The van der Waals surface area contributed by atoms with E-state index in [2.05, 4.69) is 10.1 Å². The van der Waals surface area contributed by atoms with Crippen LogP contribution in [-0.2, 0) is 20.8 Å². The molecule has 1 rings (SSSR count). The molecule has 0 aliphatic carbocycles. The number of hydrogen-bond donors (Lipinski definition) is 2. The van der Waals surface area contributed by atoms with Crippen LogP contribution in [0.5, 0.6) is 5.75 Å². The third-order valence-corrected chi connectivity index (χ3v) is 2.54. The normalized spacial score (nSPS) is 11.3. The van der Waals surface area contributed by atoms with E-state index in [0.29, 0.717) is 11.1 Å². The fourth-order valence-corrected chi connectivity index (χ4v) is 1.56. The molecule has 0 fully saturated rings. The summed E-state index contributed by atoms with van der Waals surface area (Å²) in [6.45, 7) is 5.41. The van der Waals surface area contributed by atoms with E-state index < -0.39 is 17.7 Å². The van der Waals surface area contributed by atoms with Gasteiger partial charge in [0.25, 0.3) is 0 Å². The number of alkyl carbamates (subject to hydrolysis) is 1. The van der Waals surface area contributed by atoms with Gasteiger partial charge in [-0.3, -0.25) is 0 Å². The number of benzene rings is 1. The van der Waals surface area contributed by atoms with E-state index in [0.717, 1.165) is 0 Å². The van der Waals surface area contributed by atoms with Crippen molar-refractivity contribution < 1.29 is 24.2 Å². The average molecular weight is 307 g/mol. The van der Waals surface area contributed by atoms with Crippen LogP contribution in [0.25, 0.3) is 6.08 Å². The summed E-state index contributed by atoms with van der Waals surface area (Å²) in [5, 5.41) is 12.4. The van der Waals surface area contributed by atoms with Crippen molar-refractivity contribution in [2.24, 2.45) is 0 Å². The summed E-state index contributed by atoms with van der Waals surface area (Å²) in [6, 6.07) is 4.79. The highest BCUT2D eigenvalue weighted by molar-refractivity contribution is 5.87.